The molecule has 1 unspecified atom stereocenters. The normalized spacial score (nSPS) is 17.5. The molecular weight excluding hydrogens is 434 g/mol. The zero-order valence-electron chi connectivity index (χ0n) is 19.5. The predicted octanol–water partition coefficient (Wildman–Crippen LogP) is 2.31. The molecule has 0 saturated carbocycles. The molecule has 10 nitrogen and oxygen atoms in total. The first-order chi connectivity index (χ1) is 16.5. The number of nitriles is 1. The zero-order valence-corrected chi connectivity index (χ0v) is 19.5. The van der Waals surface area contributed by atoms with E-state index in [9.17, 15) is 9.59 Å². The number of morpholine rings is 1. The number of hydrogen-bond acceptors (Lipinski definition) is 7. The molecular formula is C24H29N7O3. The van der Waals surface area contributed by atoms with Crippen LogP contribution in [0.4, 0.5) is 16.3 Å². The maximum absolute atomic E-state index is 12.4. The van der Waals surface area contributed by atoms with Crippen molar-refractivity contribution in [3.05, 3.63) is 35.5 Å². The second-order valence-electron chi connectivity index (χ2n) is 8.38. The van der Waals surface area contributed by atoms with Crippen molar-refractivity contribution in [1.82, 2.24) is 20.2 Å². The quantitative estimate of drug-likeness (QED) is 0.697. The third kappa shape index (κ3) is 5.10. The van der Waals surface area contributed by atoms with E-state index in [0.717, 1.165) is 22.6 Å². The summed E-state index contributed by atoms with van der Waals surface area (Å²) >= 11 is 0. The molecule has 3 heterocycles. The van der Waals surface area contributed by atoms with Crippen molar-refractivity contribution in [3.8, 4) is 17.5 Å². The van der Waals surface area contributed by atoms with Crippen molar-refractivity contribution in [2.45, 2.75) is 39.3 Å². The van der Waals surface area contributed by atoms with Crippen LogP contribution in [0.1, 0.15) is 31.5 Å². The van der Waals surface area contributed by atoms with E-state index in [1.807, 2.05) is 37.3 Å². The molecule has 0 radical (unpaired) electrons. The van der Waals surface area contributed by atoms with Gasteiger partial charge in [0, 0.05) is 42.9 Å². The minimum absolute atomic E-state index is 0.131. The topological polar surface area (TPSA) is 123 Å². The van der Waals surface area contributed by atoms with Gasteiger partial charge in [0.15, 0.2) is 5.82 Å². The summed E-state index contributed by atoms with van der Waals surface area (Å²) in [5.41, 5.74) is 3.38. The number of ether oxygens (including phenoxy) is 1. The van der Waals surface area contributed by atoms with E-state index in [1.54, 1.807) is 4.90 Å². The molecule has 4 rings (SSSR count). The summed E-state index contributed by atoms with van der Waals surface area (Å²) in [4.78, 5) is 37.9. The molecule has 1 atom stereocenters. The highest BCUT2D eigenvalue weighted by Gasteiger charge is 2.30. The summed E-state index contributed by atoms with van der Waals surface area (Å²) in [6.45, 7) is 7.34. The Bertz CT molecular complexity index is 1100. The molecule has 0 spiro atoms. The largest absolute Gasteiger partial charge is 0.377 e. The second-order valence-corrected chi connectivity index (χ2v) is 8.38. The summed E-state index contributed by atoms with van der Waals surface area (Å²) in [5, 5.41) is 14.4. The van der Waals surface area contributed by atoms with Crippen molar-refractivity contribution in [1.29, 1.82) is 5.26 Å². The molecule has 2 aliphatic rings. The van der Waals surface area contributed by atoms with Crippen LogP contribution in [0.5, 0.6) is 0 Å². The molecule has 34 heavy (non-hydrogen) atoms. The van der Waals surface area contributed by atoms with Crippen molar-refractivity contribution in [3.63, 3.8) is 0 Å². The number of rotatable bonds is 5. The summed E-state index contributed by atoms with van der Waals surface area (Å²) in [5.74, 6) is 1.25. The maximum Gasteiger partial charge on any atom is 0.319 e. The number of carbonyl (C=O) groups excluding carboxylic acids is 2. The molecule has 1 fully saturated rings. The molecule has 2 aromatic rings. The lowest BCUT2D eigenvalue weighted by molar-refractivity contribution is -0.131. The van der Waals surface area contributed by atoms with Crippen LogP contribution < -0.4 is 15.5 Å². The molecule has 0 aliphatic carbocycles. The molecule has 10 heteroatoms. The number of carbonyl (C=O) groups is 2. The Morgan fingerprint density at radius 2 is 2.03 bits per heavy atom. The van der Waals surface area contributed by atoms with Crippen molar-refractivity contribution in [2.24, 2.45) is 0 Å². The fraction of sp³-hybridized carbons (Fsp3) is 0.458. The monoisotopic (exact) mass is 463 g/mol. The van der Waals surface area contributed by atoms with Gasteiger partial charge in [-0.05, 0) is 38.1 Å². The predicted molar refractivity (Wildman–Crippen MR) is 127 cm³/mol. The number of nitrogens with zero attached hydrogens (tertiary/aromatic N) is 5. The SMILES string of the molecule is CCNC(=O)Nc1ccc(-c2nc3c(c(N4CCOCC4C)n2)CN(C(=O)CC#N)CC3)cc1. The fourth-order valence-electron chi connectivity index (χ4n) is 4.24. The van der Waals surface area contributed by atoms with Gasteiger partial charge in [-0.3, -0.25) is 4.79 Å². The van der Waals surface area contributed by atoms with E-state index >= 15 is 0 Å². The summed E-state index contributed by atoms with van der Waals surface area (Å²) in [6, 6.07) is 9.26. The van der Waals surface area contributed by atoms with Gasteiger partial charge >= 0.3 is 6.03 Å². The Morgan fingerprint density at radius 3 is 2.74 bits per heavy atom. The lowest BCUT2D eigenvalue weighted by atomic mass is 10.0. The minimum atomic E-state index is -0.251. The van der Waals surface area contributed by atoms with Gasteiger partial charge in [0.2, 0.25) is 5.91 Å². The Balaban J connectivity index is 1.67. The van der Waals surface area contributed by atoms with Gasteiger partial charge in [-0.1, -0.05) is 0 Å². The number of amides is 3. The van der Waals surface area contributed by atoms with Crippen molar-refractivity contribution < 1.29 is 14.3 Å². The first kappa shape index (κ1) is 23.4. The molecule has 1 aromatic carbocycles. The molecule has 0 bridgehead atoms. The van der Waals surface area contributed by atoms with Crippen LogP contribution in [0.2, 0.25) is 0 Å². The molecule has 2 aliphatic heterocycles. The number of urea groups is 1. The Morgan fingerprint density at radius 1 is 1.24 bits per heavy atom. The van der Waals surface area contributed by atoms with E-state index in [2.05, 4.69) is 22.5 Å². The Kier molecular flexibility index (Phi) is 7.23. The third-order valence-electron chi connectivity index (χ3n) is 6.00. The Labute approximate surface area is 198 Å². The van der Waals surface area contributed by atoms with Gasteiger partial charge < -0.3 is 25.2 Å². The zero-order chi connectivity index (χ0) is 24.1. The van der Waals surface area contributed by atoms with Crippen molar-refractivity contribution >= 4 is 23.4 Å². The van der Waals surface area contributed by atoms with E-state index in [0.29, 0.717) is 57.3 Å². The van der Waals surface area contributed by atoms with Crippen molar-refractivity contribution in [2.75, 3.05) is 43.1 Å². The van der Waals surface area contributed by atoms with Crippen LogP contribution in [0.25, 0.3) is 11.4 Å². The van der Waals surface area contributed by atoms with Gasteiger partial charge in [0.1, 0.15) is 12.2 Å². The van der Waals surface area contributed by atoms with Gasteiger partial charge in [0.25, 0.3) is 0 Å². The molecule has 178 valence electrons. The number of hydrogen-bond donors (Lipinski definition) is 2. The van der Waals surface area contributed by atoms with E-state index < -0.39 is 0 Å². The fourth-order valence-corrected chi connectivity index (χ4v) is 4.24. The first-order valence-electron chi connectivity index (χ1n) is 11.5. The lowest BCUT2D eigenvalue weighted by Gasteiger charge is -2.38. The number of anilines is 2. The highest BCUT2D eigenvalue weighted by molar-refractivity contribution is 5.89. The average Bonchev–Trinajstić information content (AvgIpc) is 2.84. The van der Waals surface area contributed by atoms with Crippen LogP contribution in [-0.2, 0) is 22.5 Å². The van der Waals surface area contributed by atoms with Crippen LogP contribution in [-0.4, -0.2) is 65.7 Å². The van der Waals surface area contributed by atoms with E-state index in [4.69, 9.17) is 20.0 Å². The van der Waals surface area contributed by atoms with Gasteiger partial charge in [-0.15, -0.1) is 0 Å². The van der Waals surface area contributed by atoms with Crippen LogP contribution in [0, 0.1) is 11.3 Å². The number of aromatic nitrogens is 2. The van der Waals surface area contributed by atoms with Crippen LogP contribution in [0.3, 0.4) is 0 Å². The maximum atomic E-state index is 12.4. The standard InChI is InChI=1S/C24H29N7O3/c1-3-26-24(33)27-18-6-4-17(5-7-18)22-28-20-9-11-30(21(32)8-10-25)14-19(20)23(29-22)31-12-13-34-15-16(31)2/h4-7,16H,3,8-9,11-15H2,1-2H3,(H2,26,27,33). The summed E-state index contributed by atoms with van der Waals surface area (Å²) < 4.78 is 5.62. The van der Waals surface area contributed by atoms with Gasteiger partial charge in [0.05, 0.1) is 37.6 Å². The number of nitrogens with one attached hydrogen (secondary N) is 2. The third-order valence-corrected chi connectivity index (χ3v) is 6.00. The molecule has 1 saturated heterocycles. The molecule has 2 N–H and O–H groups in total. The number of benzene rings is 1. The Hall–Kier alpha value is -3.71. The lowest BCUT2D eigenvalue weighted by Crippen LogP contribution is -2.46. The minimum Gasteiger partial charge on any atom is -0.377 e. The smallest absolute Gasteiger partial charge is 0.319 e. The van der Waals surface area contributed by atoms with E-state index in [-0.39, 0.29) is 24.4 Å². The summed E-state index contributed by atoms with van der Waals surface area (Å²) in [7, 11) is 0. The molecule has 3 amide bonds. The van der Waals surface area contributed by atoms with Crippen LogP contribution >= 0.6 is 0 Å². The highest BCUT2D eigenvalue weighted by atomic mass is 16.5. The first-order valence-corrected chi connectivity index (χ1v) is 11.5. The van der Waals surface area contributed by atoms with Gasteiger partial charge in [-0.25, -0.2) is 14.8 Å². The van der Waals surface area contributed by atoms with E-state index in [1.165, 1.54) is 0 Å². The van der Waals surface area contributed by atoms with Crippen LogP contribution in [0.15, 0.2) is 24.3 Å². The number of fused-ring (bicyclic) bond motifs is 1. The summed E-state index contributed by atoms with van der Waals surface area (Å²) in [6.07, 6.45) is 0.471. The highest BCUT2D eigenvalue weighted by Crippen LogP contribution is 2.32. The molecule has 1 aromatic heterocycles. The second kappa shape index (κ2) is 10.5. The average molecular weight is 464 g/mol. The van der Waals surface area contributed by atoms with Gasteiger partial charge in [-0.2, -0.15) is 5.26 Å².